The number of benzene rings is 2. The van der Waals surface area contributed by atoms with Crippen LogP contribution in [0.15, 0.2) is 73.3 Å². The average molecular weight is 250 g/mol. The van der Waals surface area contributed by atoms with Gasteiger partial charge >= 0.3 is 0 Å². The zero-order valence-electron chi connectivity index (χ0n) is 11.0. The first kappa shape index (κ1) is 13.3. The fourth-order valence-electron chi connectivity index (χ4n) is 2.18. The Bertz CT molecular complexity index is 528. The molecule has 96 valence electrons. The Morgan fingerprint density at radius 1 is 1.00 bits per heavy atom. The van der Waals surface area contributed by atoms with E-state index in [0.29, 0.717) is 12.8 Å². The Morgan fingerprint density at radius 3 is 2.16 bits per heavy atom. The molecule has 1 heteroatoms. The highest BCUT2D eigenvalue weighted by atomic mass is 16.1. The molecule has 1 atom stereocenters. The van der Waals surface area contributed by atoms with Crippen LogP contribution < -0.4 is 0 Å². The van der Waals surface area contributed by atoms with Crippen molar-refractivity contribution in [1.29, 1.82) is 0 Å². The summed E-state index contributed by atoms with van der Waals surface area (Å²) in [7, 11) is 0. The Balaban J connectivity index is 1.99. The molecule has 0 bridgehead atoms. The Morgan fingerprint density at radius 2 is 1.58 bits per heavy atom. The molecule has 2 aromatic carbocycles. The Hall–Kier alpha value is -2.15. The quantitative estimate of drug-likeness (QED) is 0.704. The van der Waals surface area contributed by atoms with E-state index in [4.69, 9.17) is 0 Å². The summed E-state index contributed by atoms with van der Waals surface area (Å²) in [4.78, 5) is 12.1. The van der Waals surface area contributed by atoms with E-state index < -0.39 is 0 Å². The molecule has 0 aromatic heterocycles. The topological polar surface area (TPSA) is 17.1 Å². The molecule has 0 aliphatic heterocycles. The van der Waals surface area contributed by atoms with Crippen LogP contribution in [0.4, 0.5) is 0 Å². The summed E-state index contributed by atoms with van der Waals surface area (Å²) in [6.07, 6.45) is 2.87. The Labute approximate surface area is 114 Å². The van der Waals surface area contributed by atoms with E-state index in [-0.39, 0.29) is 11.7 Å². The van der Waals surface area contributed by atoms with Gasteiger partial charge in [-0.25, -0.2) is 0 Å². The summed E-state index contributed by atoms with van der Waals surface area (Å²) in [5, 5.41) is 0. The van der Waals surface area contributed by atoms with Crippen LogP contribution in [-0.4, -0.2) is 5.78 Å². The predicted octanol–water partition coefficient (Wildman–Crippen LogP) is 4.16. The maximum absolute atomic E-state index is 12.1. The minimum absolute atomic E-state index is 0.109. The van der Waals surface area contributed by atoms with E-state index in [0.717, 1.165) is 11.1 Å². The van der Waals surface area contributed by atoms with Gasteiger partial charge in [0.15, 0.2) is 0 Å². The molecule has 0 saturated heterocycles. The summed E-state index contributed by atoms with van der Waals surface area (Å²) in [5.74, 6) is 0.359. The molecule has 1 nitrogen and oxygen atoms in total. The van der Waals surface area contributed by atoms with E-state index in [2.05, 4.69) is 6.58 Å². The second kappa shape index (κ2) is 6.69. The summed E-state index contributed by atoms with van der Waals surface area (Å²) >= 11 is 0. The highest BCUT2D eigenvalue weighted by Crippen LogP contribution is 2.21. The van der Waals surface area contributed by atoms with Crippen LogP contribution in [0, 0.1) is 0 Å². The van der Waals surface area contributed by atoms with Crippen LogP contribution in [0.5, 0.6) is 0 Å². The van der Waals surface area contributed by atoms with Crippen LogP contribution in [0.3, 0.4) is 0 Å². The molecule has 0 N–H and O–H groups in total. The highest BCUT2D eigenvalue weighted by molar-refractivity contribution is 5.81. The molecular weight excluding hydrogens is 232 g/mol. The lowest BCUT2D eigenvalue weighted by molar-refractivity contribution is -0.118. The zero-order valence-corrected chi connectivity index (χ0v) is 11.0. The number of allylic oxidation sites excluding steroid dienone is 1. The van der Waals surface area contributed by atoms with Crippen molar-refractivity contribution >= 4 is 5.78 Å². The number of carbonyl (C=O) groups is 1. The van der Waals surface area contributed by atoms with Gasteiger partial charge in [0.2, 0.25) is 0 Å². The summed E-state index contributed by atoms with van der Waals surface area (Å²) in [6, 6.07) is 19.9. The largest absolute Gasteiger partial charge is 0.299 e. The summed E-state index contributed by atoms with van der Waals surface area (Å²) < 4.78 is 0. The van der Waals surface area contributed by atoms with Crippen molar-refractivity contribution < 1.29 is 4.79 Å². The lowest BCUT2D eigenvalue weighted by Gasteiger charge is -2.12. The van der Waals surface area contributed by atoms with Gasteiger partial charge in [-0.15, -0.1) is 6.58 Å². The lowest BCUT2D eigenvalue weighted by Crippen LogP contribution is -2.08. The van der Waals surface area contributed by atoms with E-state index >= 15 is 0 Å². The third-order valence-electron chi connectivity index (χ3n) is 3.20. The van der Waals surface area contributed by atoms with Crippen molar-refractivity contribution in [1.82, 2.24) is 0 Å². The third-order valence-corrected chi connectivity index (χ3v) is 3.20. The van der Waals surface area contributed by atoms with Gasteiger partial charge in [-0.3, -0.25) is 4.79 Å². The molecule has 0 heterocycles. The normalized spacial score (nSPS) is 11.8. The van der Waals surface area contributed by atoms with Gasteiger partial charge in [0.25, 0.3) is 0 Å². The number of hydrogen-bond acceptors (Lipinski definition) is 1. The van der Waals surface area contributed by atoms with Crippen molar-refractivity contribution in [3.63, 3.8) is 0 Å². The lowest BCUT2D eigenvalue weighted by atomic mass is 9.92. The van der Waals surface area contributed by atoms with Gasteiger partial charge in [0, 0.05) is 18.8 Å². The van der Waals surface area contributed by atoms with Gasteiger partial charge in [-0.1, -0.05) is 66.7 Å². The third kappa shape index (κ3) is 3.92. The number of carbonyl (C=O) groups excluding carboxylic acids is 1. The van der Waals surface area contributed by atoms with Crippen LogP contribution in [0.25, 0.3) is 0 Å². The molecule has 2 aromatic rings. The first-order valence-electron chi connectivity index (χ1n) is 6.52. The van der Waals surface area contributed by atoms with Gasteiger partial charge in [0.1, 0.15) is 5.78 Å². The predicted molar refractivity (Wildman–Crippen MR) is 79.2 cm³/mol. The molecule has 2 rings (SSSR count). The molecular formula is C18H18O. The van der Waals surface area contributed by atoms with Gasteiger partial charge in [0.05, 0.1) is 0 Å². The van der Waals surface area contributed by atoms with E-state index in [1.54, 1.807) is 0 Å². The molecule has 19 heavy (non-hydrogen) atoms. The molecule has 0 spiro atoms. The number of hydrogen-bond donors (Lipinski definition) is 0. The van der Waals surface area contributed by atoms with Gasteiger partial charge < -0.3 is 0 Å². The Kier molecular flexibility index (Phi) is 4.68. The first-order valence-corrected chi connectivity index (χ1v) is 6.52. The first-order chi connectivity index (χ1) is 9.29. The fraction of sp³-hybridized carbons (Fsp3) is 0.167. The minimum Gasteiger partial charge on any atom is -0.299 e. The second-order valence-electron chi connectivity index (χ2n) is 4.66. The van der Waals surface area contributed by atoms with Crippen molar-refractivity contribution in [3.8, 4) is 0 Å². The smallest absolute Gasteiger partial charge is 0.138 e. The van der Waals surface area contributed by atoms with E-state index in [1.807, 2.05) is 66.7 Å². The van der Waals surface area contributed by atoms with E-state index in [1.165, 1.54) is 0 Å². The van der Waals surface area contributed by atoms with Crippen LogP contribution >= 0.6 is 0 Å². The standard InChI is InChI=1S/C18H18O/c1-2-16(17-11-7-4-8-12-17)14-18(19)13-15-9-5-3-6-10-15/h2-12,16H,1,13-14H2/t16-/m0/s1. The molecule has 0 unspecified atom stereocenters. The highest BCUT2D eigenvalue weighted by Gasteiger charge is 2.12. The van der Waals surface area contributed by atoms with Crippen molar-refractivity contribution in [2.75, 3.05) is 0 Å². The monoisotopic (exact) mass is 250 g/mol. The van der Waals surface area contributed by atoms with Crippen molar-refractivity contribution in [3.05, 3.63) is 84.4 Å². The maximum atomic E-state index is 12.1. The van der Waals surface area contributed by atoms with Crippen LogP contribution in [0.1, 0.15) is 23.5 Å². The van der Waals surface area contributed by atoms with Crippen molar-refractivity contribution in [2.24, 2.45) is 0 Å². The minimum atomic E-state index is 0.109. The van der Waals surface area contributed by atoms with Crippen LogP contribution in [0.2, 0.25) is 0 Å². The molecule has 0 saturated carbocycles. The molecule has 0 aliphatic carbocycles. The molecule has 0 radical (unpaired) electrons. The maximum Gasteiger partial charge on any atom is 0.138 e. The summed E-state index contributed by atoms with van der Waals surface area (Å²) in [5.41, 5.74) is 2.22. The van der Waals surface area contributed by atoms with E-state index in [9.17, 15) is 4.79 Å². The molecule has 0 amide bonds. The molecule has 0 fully saturated rings. The summed E-state index contributed by atoms with van der Waals surface area (Å²) in [6.45, 7) is 3.85. The van der Waals surface area contributed by atoms with Gasteiger partial charge in [-0.05, 0) is 11.1 Å². The SMILES string of the molecule is C=C[C@@H](CC(=O)Cc1ccccc1)c1ccccc1. The fourth-order valence-corrected chi connectivity index (χ4v) is 2.18. The zero-order chi connectivity index (χ0) is 13.5. The van der Waals surface area contributed by atoms with Crippen LogP contribution in [-0.2, 0) is 11.2 Å². The second-order valence-corrected chi connectivity index (χ2v) is 4.66. The average Bonchev–Trinajstić information content (AvgIpc) is 2.47. The van der Waals surface area contributed by atoms with Gasteiger partial charge in [-0.2, -0.15) is 0 Å². The number of rotatable bonds is 6. The number of ketones is 1. The number of Topliss-reactive ketones (excluding diaryl/α,β-unsaturated/α-hetero) is 1. The van der Waals surface area contributed by atoms with Crippen molar-refractivity contribution in [2.45, 2.75) is 18.8 Å². The molecule has 0 aliphatic rings.